The van der Waals surface area contributed by atoms with E-state index in [9.17, 15) is 18.0 Å². The van der Waals surface area contributed by atoms with Crippen LogP contribution in [0.5, 0.6) is 0 Å². The number of aliphatic carboxylic acids is 1. The first-order valence-electron chi connectivity index (χ1n) is 11.3. The summed E-state index contributed by atoms with van der Waals surface area (Å²) in [5.41, 5.74) is 3.13. The van der Waals surface area contributed by atoms with Crippen LogP contribution in [-0.2, 0) is 11.3 Å². The zero-order valence-electron chi connectivity index (χ0n) is 20.3. The highest BCUT2D eigenvalue weighted by Crippen LogP contribution is 2.22. The van der Waals surface area contributed by atoms with Crippen LogP contribution in [0.3, 0.4) is 0 Å². The minimum Gasteiger partial charge on any atom is -0.475 e. The van der Waals surface area contributed by atoms with Gasteiger partial charge in [0.25, 0.3) is 5.91 Å². The summed E-state index contributed by atoms with van der Waals surface area (Å²) in [6.45, 7) is 2.27. The van der Waals surface area contributed by atoms with Crippen LogP contribution in [0.1, 0.15) is 22.5 Å². The molecule has 0 fully saturated rings. The quantitative estimate of drug-likeness (QED) is 0.347. The maximum Gasteiger partial charge on any atom is 0.490 e. The number of nitrogens with one attached hydrogen (secondary N) is 1. The molecule has 37 heavy (non-hydrogen) atoms. The predicted octanol–water partition coefficient (Wildman–Crippen LogP) is 3.56. The molecule has 0 spiro atoms. The molecular weight excluding hydrogens is 489 g/mol. The van der Waals surface area contributed by atoms with Crippen LogP contribution in [0.4, 0.5) is 13.2 Å². The molecule has 0 aliphatic carbocycles. The van der Waals surface area contributed by atoms with Crippen LogP contribution in [0.25, 0.3) is 17.0 Å². The molecular formula is C25H27F3N6O3. The van der Waals surface area contributed by atoms with E-state index < -0.39 is 12.1 Å². The number of amides is 1. The second kappa shape index (κ2) is 12.2. The molecule has 0 aliphatic rings. The first-order valence-corrected chi connectivity index (χ1v) is 11.3. The summed E-state index contributed by atoms with van der Waals surface area (Å²) >= 11 is 0. The third-order valence-corrected chi connectivity index (χ3v) is 5.14. The van der Waals surface area contributed by atoms with Crippen LogP contribution in [0, 0.1) is 0 Å². The minimum absolute atomic E-state index is 0.160. The summed E-state index contributed by atoms with van der Waals surface area (Å²) in [6.07, 6.45) is 1.48. The zero-order valence-corrected chi connectivity index (χ0v) is 20.3. The van der Waals surface area contributed by atoms with Gasteiger partial charge in [0.2, 0.25) is 0 Å². The fraction of sp³-hybridized carbons (Fsp3) is 0.280. The molecule has 0 bridgehead atoms. The number of pyridine rings is 1. The highest BCUT2D eigenvalue weighted by atomic mass is 19.4. The van der Waals surface area contributed by atoms with Gasteiger partial charge in [-0.2, -0.15) is 13.2 Å². The molecule has 9 nitrogen and oxygen atoms in total. The highest BCUT2D eigenvalue weighted by molar-refractivity contribution is 5.99. The molecule has 3 aromatic heterocycles. The number of carboxylic acids is 1. The lowest BCUT2D eigenvalue weighted by Gasteiger charge is -2.09. The molecule has 2 N–H and O–H groups in total. The molecule has 196 valence electrons. The third-order valence-electron chi connectivity index (χ3n) is 5.14. The Hall–Kier alpha value is -4.19. The number of nitrogens with zero attached hydrogens (tertiary/aromatic N) is 5. The van der Waals surface area contributed by atoms with Crippen molar-refractivity contribution in [3.05, 3.63) is 78.5 Å². The van der Waals surface area contributed by atoms with E-state index in [0.717, 1.165) is 30.7 Å². The summed E-state index contributed by atoms with van der Waals surface area (Å²) in [4.78, 5) is 33.0. The van der Waals surface area contributed by atoms with Crippen molar-refractivity contribution in [2.24, 2.45) is 0 Å². The normalized spacial score (nSPS) is 11.3. The number of carbonyl (C=O) groups is 2. The van der Waals surface area contributed by atoms with Gasteiger partial charge in [0.1, 0.15) is 5.69 Å². The molecule has 0 atom stereocenters. The first-order chi connectivity index (χ1) is 17.6. The van der Waals surface area contributed by atoms with Gasteiger partial charge in [-0.05, 0) is 44.8 Å². The van der Waals surface area contributed by atoms with Crippen molar-refractivity contribution in [2.75, 3.05) is 27.2 Å². The van der Waals surface area contributed by atoms with Crippen LogP contribution >= 0.6 is 0 Å². The molecule has 0 saturated heterocycles. The zero-order chi connectivity index (χ0) is 27.0. The van der Waals surface area contributed by atoms with Gasteiger partial charge in [0.15, 0.2) is 11.5 Å². The summed E-state index contributed by atoms with van der Waals surface area (Å²) in [5.74, 6) is -2.25. The van der Waals surface area contributed by atoms with Crippen molar-refractivity contribution in [3.8, 4) is 11.5 Å². The van der Waals surface area contributed by atoms with E-state index in [2.05, 4.69) is 32.3 Å². The molecule has 0 aliphatic heterocycles. The Morgan fingerprint density at radius 3 is 2.41 bits per heavy atom. The number of fused-ring (bicyclic) bond motifs is 1. The SMILES string of the molecule is CN(C)CCCNC(=O)c1nc(-c2cn(Cc3ccccc3)cn2)n2ccccc12.O=C(O)C(F)(F)F. The Bertz CT molecular complexity index is 1330. The maximum atomic E-state index is 12.8. The molecule has 1 amide bonds. The van der Waals surface area contributed by atoms with E-state index >= 15 is 0 Å². The number of hydrogen-bond donors (Lipinski definition) is 2. The van der Waals surface area contributed by atoms with E-state index in [1.54, 1.807) is 6.33 Å². The lowest BCUT2D eigenvalue weighted by Crippen LogP contribution is -2.27. The Morgan fingerprint density at radius 2 is 1.76 bits per heavy atom. The number of carboxylic acid groups (broad SMARTS) is 1. The summed E-state index contributed by atoms with van der Waals surface area (Å²) in [5, 5.41) is 10.1. The van der Waals surface area contributed by atoms with Crippen LogP contribution < -0.4 is 5.32 Å². The van der Waals surface area contributed by atoms with E-state index in [1.807, 2.05) is 71.9 Å². The number of aromatic nitrogens is 4. The molecule has 4 rings (SSSR count). The lowest BCUT2D eigenvalue weighted by molar-refractivity contribution is -0.192. The molecule has 0 radical (unpaired) electrons. The first kappa shape index (κ1) is 27.4. The van der Waals surface area contributed by atoms with Crippen LogP contribution in [0.2, 0.25) is 0 Å². The minimum atomic E-state index is -5.08. The van der Waals surface area contributed by atoms with E-state index in [0.29, 0.717) is 18.1 Å². The molecule has 12 heteroatoms. The van der Waals surface area contributed by atoms with Gasteiger partial charge in [-0.1, -0.05) is 36.4 Å². The van der Waals surface area contributed by atoms with Gasteiger partial charge in [-0.3, -0.25) is 9.20 Å². The van der Waals surface area contributed by atoms with E-state index in [4.69, 9.17) is 9.90 Å². The standard InChI is InChI=1S/C23H26N6O.C2HF3O2/c1-27(2)13-8-12-24-23(30)21-20-11-6-7-14-29(20)22(26-21)19-16-28(17-25-19)15-18-9-4-3-5-10-18;3-2(4,5)1(6)7/h3-7,9-11,14,16-17H,8,12-13,15H2,1-2H3,(H,24,30);(H,6,7). The van der Waals surface area contributed by atoms with Gasteiger partial charge in [0.05, 0.1) is 11.8 Å². The number of rotatable bonds is 8. The average molecular weight is 517 g/mol. The van der Waals surface area contributed by atoms with Crippen molar-refractivity contribution in [1.82, 2.24) is 29.2 Å². The number of carbonyl (C=O) groups excluding carboxylic acids is 1. The average Bonchev–Trinajstić information content (AvgIpc) is 3.47. The molecule has 1 aromatic carbocycles. The monoisotopic (exact) mass is 516 g/mol. The Labute approximate surface area is 211 Å². The molecule has 3 heterocycles. The molecule has 4 aromatic rings. The topological polar surface area (TPSA) is 105 Å². The number of alkyl halides is 3. The van der Waals surface area contributed by atoms with Crippen molar-refractivity contribution in [3.63, 3.8) is 0 Å². The van der Waals surface area contributed by atoms with Gasteiger partial charge in [-0.15, -0.1) is 0 Å². The summed E-state index contributed by atoms with van der Waals surface area (Å²) in [7, 11) is 4.04. The third kappa shape index (κ3) is 7.64. The highest BCUT2D eigenvalue weighted by Gasteiger charge is 2.38. The smallest absolute Gasteiger partial charge is 0.475 e. The lowest BCUT2D eigenvalue weighted by atomic mass is 10.2. The van der Waals surface area contributed by atoms with Crippen molar-refractivity contribution < 1.29 is 27.9 Å². The second-order valence-corrected chi connectivity index (χ2v) is 8.37. The van der Waals surface area contributed by atoms with E-state index in [1.165, 1.54) is 5.56 Å². The number of imidazole rings is 2. The van der Waals surface area contributed by atoms with Crippen molar-refractivity contribution in [2.45, 2.75) is 19.1 Å². The van der Waals surface area contributed by atoms with Crippen molar-refractivity contribution >= 4 is 17.4 Å². The van der Waals surface area contributed by atoms with Gasteiger partial charge in [0, 0.05) is 25.5 Å². The number of halogens is 3. The Balaban J connectivity index is 0.000000479. The number of benzene rings is 1. The Morgan fingerprint density at radius 1 is 1.08 bits per heavy atom. The van der Waals surface area contributed by atoms with Gasteiger partial charge < -0.3 is 19.9 Å². The summed E-state index contributed by atoms with van der Waals surface area (Å²) < 4.78 is 35.7. The fourth-order valence-electron chi connectivity index (χ4n) is 3.42. The fourth-order valence-corrected chi connectivity index (χ4v) is 3.42. The van der Waals surface area contributed by atoms with Gasteiger partial charge >= 0.3 is 12.1 Å². The second-order valence-electron chi connectivity index (χ2n) is 8.37. The Kier molecular flexibility index (Phi) is 9.01. The number of hydrogen-bond acceptors (Lipinski definition) is 5. The predicted molar refractivity (Wildman–Crippen MR) is 131 cm³/mol. The largest absolute Gasteiger partial charge is 0.490 e. The van der Waals surface area contributed by atoms with Crippen LogP contribution in [0.15, 0.2) is 67.3 Å². The van der Waals surface area contributed by atoms with Crippen molar-refractivity contribution in [1.29, 1.82) is 0 Å². The van der Waals surface area contributed by atoms with Gasteiger partial charge in [-0.25, -0.2) is 14.8 Å². The summed E-state index contributed by atoms with van der Waals surface area (Å²) in [6, 6.07) is 16.0. The van der Waals surface area contributed by atoms with E-state index in [-0.39, 0.29) is 5.91 Å². The molecule has 0 saturated carbocycles. The van der Waals surface area contributed by atoms with Crippen LogP contribution in [-0.4, -0.2) is 74.2 Å². The maximum absolute atomic E-state index is 12.8. The molecule has 0 unspecified atom stereocenters.